The van der Waals surface area contributed by atoms with Gasteiger partial charge in [0.25, 0.3) is 5.91 Å². The number of benzene rings is 1. The molecule has 1 N–H and O–H groups in total. The fourth-order valence-electron chi connectivity index (χ4n) is 2.49. The van der Waals surface area contributed by atoms with Gasteiger partial charge in [0, 0.05) is 5.56 Å². The Bertz CT molecular complexity index is 860. The number of thiophene rings is 1. The molecule has 27 heavy (non-hydrogen) atoms. The van der Waals surface area contributed by atoms with Crippen LogP contribution in [0, 0.1) is 5.92 Å². The van der Waals surface area contributed by atoms with E-state index < -0.39 is 18.5 Å². The van der Waals surface area contributed by atoms with Crippen LogP contribution in [-0.2, 0) is 19.1 Å². The smallest absolute Gasteiger partial charge is 0.341 e. The Balaban J connectivity index is 1.84. The zero-order chi connectivity index (χ0) is 19.4. The van der Waals surface area contributed by atoms with Gasteiger partial charge in [-0.2, -0.15) is 0 Å². The van der Waals surface area contributed by atoms with E-state index in [-0.39, 0.29) is 29.1 Å². The zero-order valence-corrected chi connectivity index (χ0v) is 16.2. The summed E-state index contributed by atoms with van der Waals surface area (Å²) in [5.41, 5.74) is 1.44. The van der Waals surface area contributed by atoms with Gasteiger partial charge in [-0.15, -0.1) is 11.3 Å². The summed E-state index contributed by atoms with van der Waals surface area (Å²) < 4.78 is 10.5. The van der Waals surface area contributed by atoms with Crippen molar-refractivity contribution in [1.82, 2.24) is 0 Å². The average Bonchev–Trinajstić information content (AvgIpc) is 3.45. The van der Waals surface area contributed by atoms with Crippen molar-refractivity contribution >= 4 is 45.8 Å². The molecule has 0 aliphatic heterocycles. The van der Waals surface area contributed by atoms with Gasteiger partial charge in [-0.05, 0) is 25.3 Å². The number of ether oxygens (including phenoxy) is 2. The van der Waals surface area contributed by atoms with Crippen molar-refractivity contribution < 1.29 is 23.9 Å². The number of hydrogen-bond donors (Lipinski definition) is 1. The minimum Gasteiger partial charge on any atom is -0.462 e. The number of nitrogens with one attached hydrogen (secondary N) is 1. The topological polar surface area (TPSA) is 81.7 Å². The van der Waals surface area contributed by atoms with E-state index in [0.29, 0.717) is 9.90 Å². The third-order valence-corrected chi connectivity index (χ3v) is 5.23. The second-order valence-electron chi connectivity index (χ2n) is 5.97. The first kappa shape index (κ1) is 19.4. The zero-order valence-electron chi connectivity index (χ0n) is 14.6. The van der Waals surface area contributed by atoms with Gasteiger partial charge in [0.05, 0.1) is 12.5 Å². The fourth-order valence-corrected chi connectivity index (χ4v) is 3.88. The largest absolute Gasteiger partial charge is 0.462 e. The first-order chi connectivity index (χ1) is 13.0. The van der Waals surface area contributed by atoms with Crippen molar-refractivity contribution in [1.29, 1.82) is 0 Å². The van der Waals surface area contributed by atoms with Crippen LogP contribution in [0.3, 0.4) is 0 Å². The summed E-state index contributed by atoms with van der Waals surface area (Å²) in [4.78, 5) is 36.3. The van der Waals surface area contributed by atoms with Gasteiger partial charge in [0.1, 0.15) is 14.9 Å². The summed E-state index contributed by atoms with van der Waals surface area (Å²) in [5.74, 6) is -1.57. The Morgan fingerprint density at radius 2 is 1.89 bits per heavy atom. The predicted octanol–water partition coefficient (Wildman–Crippen LogP) is 4.14. The van der Waals surface area contributed by atoms with Gasteiger partial charge in [-0.3, -0.25) is 9.59 Å². The van der Waals surface area contributed by atoms with Crippen molar-refractivity contribution in [3.63, 3.8) is 0 Å². The molecule has 1 aromatic heterocycles. The van der Waals surface area contributed by atoms with Crippen molar-refractivity contribution in [2.75, 3.05) is 18.5 Å². The number of amides is 1. The number of rotatable bonds is 7. The van der Waals surface area contributed by atoms with E-state index in [9.17, 15) is 14.4 Å². The molecule has 0 radical (unpaired) electrons. The van der Waals surface area contributed by atoms with Crippen LogP contribution in [0.15, 0.2) is 30.3 Å². The number of halogens is 1. The van der Waals surface area contributed by atoms with E-state index in [0.717, 1.165) is 29.7 Å². The van der Waals surface area contributed by atoms with E-state index in [4.69, 9.17) is 21.1 Å². The SMILES string of the molecule is CCOC(=O)c1c(NC(=O)COC(=O)C2CC2)sc(Cl)c1-c1ccccc1. The van der Waals surface area contributed by atoms with E-state index in [2.05, 4.69) is 5.32 Å². The molecule has 1 saturated carbocycles. The summed E-state index contributed by atoms with van der Waals surface area (Å²) in [7, 11) is 0. The third-order valence-electron chi connectivity index (χ3n) is 3.92. The number of carbonyl (C=O) groups is 3. The van der Waals surface area contributed by atoms with Gasteiger partial charge in [-0.25, -0.2) is 4.79 Å². The second-order valence-corrected chi connectivity index (χ2v) is 7.59. The molecule has 1 amide bonds. The maximum atomic E-state index is 12.5. The van der Waals surface area contributed by atoms with Gasteiger partial charge in [0.15, 0.2) is 6.61 Å². The van der Waals surface area contributed by atoms with Gasteiger partial charge in [0.2, 0.25) is 0 Å². The van der Waals surface area contributed by atoms with Crippen LogP contribution in [0.2, 0.25) is 4.34 Å². The van der Waals surface area contributed by atoms with E-state index in [1.54, 1.807) is 6.92 Å². The lowest BCUT2D eigenvalue weighted by atomic mass is 10.0. The Kier molecular flexibility index (Phi) is 6.13. The molecule has 1 aliphatic rings. The second kappa shape index (κ2) is 8.54. The Morgan fingerprint density at radius 3 is 2.52 bits per heavy atom. The molecule has 3 rings (SSSR count). The van der Waals surface area contributed by atoms with Crippen molar-refractivity contribution in [3.05, 3.63) is 40.2 Å². The molecule has 0 saturated heterocycles. The van der Waals surface area contributed by atoms with Gasteiger partial charge in [-0.1, -0.05) is 41.9 Å². The number of carbonyl (C=O) groups excluding carboxylic acids is 3. The van der Waals surface area contributed by atoms with Crippen LogP contribution in [0.4, 0.5) is 5.00 Å². The average molecular weight is 408 g/mol. The maximum absolute atomic E-state index is 12.5. The lowest BCUT2D eigenvalue weighted by molar-refractivity contribution is -0.148. The fraction of sp³-hybridized carbons (Fsp3) is 0.316. The molecule has 2 aromatic rings. The molecule has 8 heteroatoms. The minimum absolute atomic E-state index is 0.0891. The molecule has 0 spiro atoms. The maximum Gasteiger partial charge on any atom is 0.341 e. The molecule has 142 valence electrons. The van der Waals surface area contributed by atoms with Crippen LogP contribution in [0.5, 0.6) is 0 Å². The number of esters is 2. The molecule has 6 nitrogen and oxygen atoms in total. The lowest BCUT2D eigenvalue weighted by Crippen LogP contribution is -2.22. The molecule has 1 fully saturated rings. The monoisotopic (exact) mass is 407 g/mol. The normalized spacial score (nSPS) is 13.1. The van der Waals surface area contributed by atoms with Gasteiger partial charge >= 0.3 is 11.9 Å². The molecular formula is C19H18ClNO5S. The first-order valence-corrected chi connectivity index (χ1v) is 9.72. The number of hydrogen-bond acceptors (Lipinski definition) is 6. The summed E-state index contributed by atoms with van der Waals surface area (Å²) >= 11 is 7.43. The summed E-state index contributed by atoms with van der Waals surface area (Å²) in [6, 6.07) is 9.14. The quantitative estimate of drug-likeness (QED) is 0.697. The summed E-state index contributed by atoms with van der Waals surface area (Å²) in [5, 5.41) is 2.88. The molecule has 1 heterocycles. The highest BCUT2D eigenvalue weighted by atomic mass is 35.5. The predicted molar refractivity (Wildman–Crippen MR) is 103 cm³/mol. The summed E-state index contributed by atoms with van der Waals surface area (Å²) in [6.45, 7) is 1.48. The lowest BCUT2D eigenvalue weighted by Gasteiger charge is -2.09. The molecule has 0 atom stereocenters. The molecule has 1 aromatic carbocycles. The highest BCUT2D eigenvalue weighted by Gasteiger charge is 2.32. The van der Waals surface area contributed by atoms with Gasteiger partial charge < -0.3 is 14.8 Å². The van der Waals surface area contributed by atoms with E-state index in [1.807, 2.05) is 30.3 Å². The highest BCUT2D eigenvalue weighted by Crippen LogP contribution is 2.44. The highest BCUT2D eigenvalue weighted by molar-refractivity contribution is 7.21. The van der Waals surface area contributed by atoms with Crippen molar-refractivity contribution in [2.24, 2.45) is 5.92 Å². The third kappa shape index (κ3) is 4.67. The Labute approximate surface area is 165 Å². The Hall–Kier alpha value is -2.38. The van der Waals surface area contributed by atoms with Crippen molar-refractivity contribution in [3.8, 4) is 11.1 Å². The first-order valence-electron chi connectivity index (χ1n) is 8.52. The molecule has 1 aliphatic carbocycles. The van der Waals surface area contributed by atoms with Crippen molar-refractivity contribution in [2.45, 2.75) is 19.8 Å². The molecule has 0 bridgehead atoms. The molecule has 0 unspecified atom stereocenters. The standard InChI is InChI=1S/C19H18ClNO5S/c1-2-25-19(24)15-14(11-6-4-3-5-7-11)16(20)27-17(15)21-13(22)10-26-18(23)12-8-9-12/h3-7,12H,2,8-10H2,1H3,(H,21,22). The minimum atomic E-state index is -0.579. The summed E-state index contributed by atoms with van der Waals surface area (Å²) in [6.07, 6.45) is 1.60. The van der Waals surface area contributed by atoms with Crippen LogP contribution >= 0.6 is 22.9 Å². The number of anilines is 1. The Morgan fingerprint density at radius 1 is 1.19 bits per heavy atom. The van der Waals surface area contributed by atoms with E-state index >= 15 is 0 Å². The van der Waals surface area contributed by atoms with Crippen LogP contribution in [0.25, 0.3) is 11.1 Å². The molecular weight excluding hydrogens is 390 g/mol. The van der Waals surface area contributed by atoms with Crippen LogP contribution in [0.1, 0.15) is 30.1 Å². The van der Waals surface area contributed by atoms with Crippen LogP contribution < -0.4 is 5.32 Å². The van der Waals surface area contributed by atoms with Crippen LogP contribution in [-0.4, -0.2) is 31.1 Å². The van der Waals surface area contributed by atoms with E-state index in [1.165, 1.54) is 0 Å².